The van der Waals surface area contributed by atoms with Crippen LogP contribution in [0.3, 0.4) is 0 Å². The first kappa shape index (κ1) is 22.9. The highest BCUT2D eigenvalue weighted by molar-refractivity contribution is 5.96. The molecule has 166 valence electrons. The Morgan fingerprint density at radius 2 is 1.38 bits per heavy atom. The van der Waals surface area contributed by atoms with Gasteiger partial charge in [-0.2, -0.15) is 0 Å². The Kier molecular flexibility index (Phi) is 8.26. The maximum absolute atomic E-state index is 12.8. The molecule has 0 unspecified atom stereocenters. The molecule has 0 spiro atoms. The van der Waals surface area contributed by atoms with Crippen molar-refractivity contribution in [2.24, 2.45) is 0 Å². The summed E-state index contributed by atoms with van der Waals surface area (Å²) in [5, 5.41) is 5.83. The lowest BCUT2D eigenvalue weighted by Gasteiger charge is -2.22. The highest BCUT2D eigenvalue weighted by Crippen LogP contribution is 2.30. The third-order valence-corrected chi connectivity index (χ3v) is 4.90. The van der Waals surface area contributed by atoms with Crippen LogP contribution in [0.4, 0.5) is 0 Å². The minimum absolute atomic E-state index is 0.298. The van der Waals surface area contributed by atoms with Crippen LogP contribution in [0.25, 0.3) is 0 Å². The predicted octanol–water partition coefficient (Wildman–Crippen LogP) is 4.73. The normalized spacial score (nSPS) is 10.5. The van der Waals surface area contributed by atoms with Crippen LogP contribution in [0.15, 0.2) is 78.9 Å². The molecular weight excluding hydrogens is 404 g/mol. The van der Waals surface area contributed by atoms with Crippen molar-refractivity contribution < 1.29 is 19.1 Å². The van der Waals surface area contributed by atoms with Gasteiger partial charge in [-0.05, 0) is 48.4 Å². The number of nitrogens with one attached hydrogen (secondary N) is 2. The summed E-state index contributed by atoms with van der Waals surface area (Å²) in [5.74, 6) is 0.556. The standard InChI is InChI=1S/C26H28N2O4/c1-3-4-17-32-23-18-21(15-16-22(23)31-2)24(27-25(29)19-11-7-5-8-12-19)28-26(30)20-13-9-6-10-14-20/h5-16,18,24H,3-4,17H2,1-2H3,(H,27,29)(H,28,30). The molecule has 0 atom stereocenters. The first-order valence-corrected chi connectivity index (χ1v) is 10.6. The van der Waals surface area contributed by atoms with E-state index in [0.717, 1.165) is 12.8 Å². The fraction of sp³-hybridized carbons (Fsp3) is 0.231. The Morgan fingerprint density at radius 3 is 1.88 bits per heavy atom. The number of rotatable bonds is 10. The number of ether oxygens (including phenoxy) is 2. The van der Waals surface area contributed by atoms with E-state index in [1.165, 1.54) is 0 Å². The molecule has 3 aromatic carbocycles. The van der Waals surface area contributed by atoms with E-state index in [9.17, 15) is 9.59 Å². The van der Waals surface area contributed by atoms with Gasteiger partial charge in [0.2, 0.25) is 0 Å². The second-order valence-corrected chi connectivity index (χ2v) is 7.22. The summed E-state index contributed by atoms with van der Waals surface area (Å²) in [4.78, 5) is 25.7. The van der Waals surface area contributed by atoms with E-state index in [2.05, 4.69) is 17.6 Å². The van der Waals surface area contributed by atoms with Crippen molar-refractivity contribution in [1.29, 1.82) is 0 Å². The summed E-state index contributed by atoms with van der Waals surface area (Å²) >= 11 is 0. The Hall–Kier alpha value is -3.80. The molecule has 32 heavy (non-hydrogen) atoms. The third kappa shape index (κ3) is 6.11. The van der Waals surface area contributed by atoms with Crippen LogP contribution in [-0.4, -0.2) is 25.5 Å². The summed E-state index contributed by atoms with van der Waals surface area (Å²) in [6, 6.07) is 23.1. The number of amides is 2. The Labute approximate surface area is 188 Å². The zero-order valence-electron chi connectivity index (χ0n) is 18.3. The Morgan fingerprint density at radius 1 is 0.812 bits per heavy atom. The second kappa shape index (κ2) is 11.6. The third-order valence-electron chi connectivity index (χ3n) is 4.90. The van der Waals surface area contributed by atoms with Gasteiger partial charge in [-0.15, -0.1) is 0 Å². The maximum atomic E-state index is 12.8. The number of carbonyl (C=O) groups is 2. The van der Waals surface area contributed by atoms with Crippen molar-refractivity contribution in [2.75, 3.05) is 13.7 Å². The molecule has 2 amide bonds. The number of carbonyl (C=O) groups excluding carboxylic acids is 2. The highest BCUT2D eigenvalue weighted by Gasteiger charge is 2.20. The van der Waals surface area contributed by atoms with E-state index in [1.807, 2.05) is 12.1 Å². The molecule has 3 rings (SSSR count). The summed E-state index contributed by atoms with van der Waals surface area (Å²) in [6.45, 7) is 2.64. The lowest BCUT2D eigenvalue weighted by Crippen LogP contribution is -2.41. The van der Waals surface area contributed by atoms with Crippen molar-refractivity contribution in [1.82, 2.24) is 10.6 Å². The summed E-state index contributed by atoms with van der Waals surface area (Å²) < 4.78 is 11.3. The van der Waals surface area contributed by atoms with Gasteiger partial charge in [-0.3, -0.25) is 9.59 Å². The van der Waals surface area contributed by atoms with Crippen LogP contribution in [0.5, 0.6) is 11.5 Å². The van der Waals surface area contributed by atoms with Gasteiger partial charge in [0.15, 0.2) is 11.5 Å². The number of hydrogen-bond acceptors (Lipinski definition) is 4. The lowest BCUT2D eigenvalue weighted by molar-refractivity contribution is 0.0883. The van der Waals surface area contributed by atoms with E-state index in [-0.39, 0.29) is 11.8 Å². The first-order valence-electron chi connectivity index (χ1n) is 10.6. The largest absolute Gasteiger partial charge is 0.493 e. The van der Waals surface area contributed by atoms with Gasteiger partial charge in [0.1, 0.15) is 6.17 Å². The van der Waals surface area contributed by atoms with Crippen LogP contribution >= 0.6 is 0 Å². The SMILES string of the molecule is CCCCOc1cc(C(NC(=O)c2ccccc2)NC(=O)c2ccccc2)ccc1OC. The zero-order valence-corrected chi connectivity index (χ0v) is 18.3. The van der Waals surface area contributed by atoms with Crippen molar-refractivity contribution in [3.05, 3.63) is 95.6 Å². The minimum Gasteiger partial charge on any atom is -0.493 e. The molecule has 2 N–H and O–H groups in total. The average molecular weight is 433 g/mol. The molecule has 0 saturated heterocycles. The van der Waals surface area contributed by atoms with E-state index >= 15 is 0 Å². The molecular formula is C26H28N2O4. The van der Waals surface area contributed by atoms with E-state index in [0.29, 0.717) is 34.8 Å². The number of methoxy groups -OCH3 is 1. The number of unbranched alkanes of at least 4 members (excludes halogenated alkanes) is 1. The number of benzene rings is 3. The molecule has 6 nitrogen and oxygen atoms in total. The predicted molar refractivity (Wildman–Crippen MR) is 124 cm³/mol. The van der Waals surface area contributed by atoms with Crippen LogP contribution < -0.4 is 20.1 Å². The van der Waals surface area contributed by atoms with Crippen LogP contribution in [0.1, 0.15) is 52.2 Å². The van der Waals surface area contributed by atoms with Gasteiger partial charge in [0, 0.05) is 11.1 Å². The lowest BCUT2D eigenvalue weighted by atomic mass is 10.1. The van der Waals surface area contributed by atoms with Crippen LogP contribution in [0, 0.1) is 0 Å². The van der Waals surface area contributed by atoms with E-state index in [1.54, 1.807) is 73.8 Å². The van der Waals surface area contributed by atoms with Gasteiger partial charge in [-0.25, -0.2) is 0 Å². The smallest absolute Gasteiger partial charge is 0.253 e. The van der Waals surface area contributed by atoms with Crippen LogP contribution in [0.2, 0.25) is 0 Å². The fourth-order valence-corrected chi connectivity index (χ4v) is 3.12. The van der Waals surface area contributed by atoms with Crippen molar-refractivity contribution in [2.45, 2.75) is 25.9 Å². The molecule has 0 aliphatic rings. The molecule has 0 aromatic heterocycles. The van der Waals surface area contributed by atoms with Gasteiger partial charge in [0.25, 0.3) is 11.8 Å². The Bertz CT molecular complexity index is 969. The minimum atomic E-state index is -0.769. The van der Waals surface area contributed by atoms with Crippen molar-refractivity contribution >= 4 is 11.8 Å². The number of hydrogen-bond donors (Lipinski definition) is 2. The molecule has 0 saturated carbocycles. The van der Waals surface area contributed by atoms with E-state index in [4.69, 9.17) is 9.47 Å². The summed E-state index contributed by atoms with van der Waals surface area (Å²) in [7, 11) is 1.58. The quantitative estimate of drug-likeness (QED) is 0.359. The topological polar surface area (TPSA) is 76.7 Å². The molecule has 0 heterocycles. The monoisotopic (exact) mass is 432 g/mol. The maximum Gasteiger partial charge on any atom is 0.253 e. The average Bonchev–Trinajstić information content (AvgIpc) is 2.84. The first-order chi connectivity index (χ1) is 15.6. The van der Waals surface area contributed by atoms with Gasteiger partial charge < -0.3 is 20.1 Å². The highest BCUT2D eigenvalue weighted by atomic mass is 16.5. The molecule has 0 radical (unpaired) electrons. The van der Waals surface area contributed by atoms with Gasteiger partial charge in [0.05, 0.1) is 13.7 Å². The molecule has 6 heteroatoms. The molecule has 0 aliphatic carbocycles. The molecule has 3 aromatic rings. The zero-order chi connectivity index (χ0) is 22.8. The van der Waals surface area contributed by atoms with Gasteiger partial charge in [-0.1, -0.05) is 55.8 Å². The summed E-state index contributed by atoms with van der Waals surface area (Å²) in [5.41, 5.74) is 1.67. The van der Waals surface area contributed by atoms with Crippen LogP contribution in [-0.2, 0) is 0 Å². The van der Waals surface area contributed by atoms with Crippen molar-refractivity contribution in [3.63, 3.8) is 0 Å². The van der Waals surface area contributed by atoms with Crippen molar-refractivity contribution in [3.8, 4) is 11.5 Å². The molecule has 0 bridgehead atoms. The van der Waals surface area contributed by atoms with E-state index < -0.39 is 6.17 Å². The molecule has 0 aliphatic heterocycles. The second-order valence-electron chi connectivity index (χ2n) is 7.22. The molecule has 0 fully saturated rings. The fourth-order valence-electron chi connectivity index (χ4n) is 3.12. The summed E-state index contributed by atoms with van der Waals surface area (Å²) in [6.07, 6.45) is 1.15. The Balaban J connectivity index is 1.89. The van der Waals surface area contributed by atoms with Gasteiger partial charge >= 0.3 is 0 Å².